The summed E-state index contributed by atoms with van der Waals surface area (Å²) in [5.41, 5.74) is 0.107. The lowest BCUT2D eigenvalue weighted by atomic mass is 10.2. The molecule has 0 rings (SSSR count). The van der Waals surface area contributed by atoms with Crippen molar-refractivity contribution in [2.75, 3.05) is 13.2 Å². The monoisotopic (exact) mass is 312 g/mol. The van der Waals surface area contributed by atoms with E-state index in [4.69, 9.17) is 14.2 Å². The molecule has 0 aromatic carbocycles. The molecular weight excluding hydrogens is 292 g/mol. The highest BCUT2D eigenvalue weighted by Gasteiger charge is 2.40. The minimum atomic E-state index is -2.18. The Hall–Kier alpha value is -2.41. The minimum Gasteiger partial charge on any atom is -0.454 e. The maximum absolute atomic E-state index is 11.6. The van der Waals surface area contributed by atoms with Crippen molar-refractivity contribution in [2.45, 2.75) is 26.6 Å². The van der Waals surface area contributed by atoms with Crippen LogP contribution in [0.3, 0.4) is 0 Å². The second-order valence-electron chi connectivity index (χ2n) is 4.76. The van der Waals surface area contributed by atoms with Gasteiger partial charge in [-0.1, -0.05) is 19.7 Å². The number of hydrogen-bond acceptors (Lipinski definition) is 7. The van der Waals surface area contributed by atoms with Gasteiger partial charge in [-0.3, -0.25) is 0 Å². The maximum Gasteiger partial charge on any atom is 0.336 e. The van der Waals surface area contributed by atoms with Gasteiger partial charge in [-0.05, 0) is 20.8 Å². The summed E-state index contributed by atoms with van der Waals surface area (Å²) in [7, 11) is 0. The van der Waals surface area contributed by atoms with Gasteiger partial charge in [-0.25, -0.2) is 14.4 Å². The van der Waals surface area contributed by atoms with Crippen molar-refractivity contribution in [1.29, 1.82) is 0 Å². The average Bonchev–Trinajstić information content (AvgIpc) is 2.43. The van der Waals surface area contributed by atoms with Crippen LogP contribution in [0, 0.1) is 0 Å². The van der Waals surface area contributed by atoms with E-state index in [9.17, 15) is 19.5 Å². The number of carbonyl (C=O) groups is 3. The summed E-state index contributed by atoms with van der Waals surface area (Å²) >= 11 is 0. The summed E-state index contributed by atoms with van der Waals surface area (Å²) in [6.07, 6.45) is 0. The van der Waals surface area contributed by atoms with Crippen LogP contribution in [0.5, 0.6) is 0 Å². The van der Waals surface area contributed by atoms with E-state index in [-0.39, 0.29) is 16.7 Å². The molecule has 0 aliphatic heterocycles. The Balaban J connectivity index is 5.31. The number of hydrogen-bond donors (Lipinski definition) is 1. The fourth-order valence-electron chi connectivity index (χ4n) is 1.00. The van der Waals surface area contributed by atoms with Crippen LogP contribution < -0.4 is 0 Å². The highest BCUT2D eigenvalue weighted by molar-refractivity contribution is 5.89. The molecule has 0 saturated carbocycles. The molecule has 122 valence electrons. The molecule has 0 saturated heterocycles. The van der Waals surface area contributed by atoms with Gasteiger partial charge < -0.3 is 19.3 Å². The first-order valence-corrected chi connectivity index (χ1v) is 6.26. The average molecular weight is 312 g/mol. The molecule has 22 heavy (non-hydrogen) atoms. The third-order valence-corrected chi connectivity index (χ3v) is 2.27. The third-order valence-electron chi connectivity index (χ3n) is 2.27. The van der Waals surface area contributed by atoms with E-state index in [1.807, 2.05) is 0 Å². The molecule has 0 aromatic heterocycles. The molecule has 0 radical (unpaired) electrons. The Morgan fingerprint density at radius 2 is 1.23 bits per heavy atom. The van der Waals surface area contributed by atoms with Crippen molar-refractivity contribution < 1.29 is 33.7 Å². The lowest BCUT2D eigenvalue weighted by Crippen LogP contribution is -2.48. The molecule has 0 aliphatic rings. The molecule has 0 heterocycles. The number of esters is 3. The van der Waals surface area contributed by atoms with Crippen LogP contribution in [0.2, 0.25) is 0 Å². The van der Waals surface area contributed by atoms with E-state index >= 15 is 0 Å². The smallest absolute Gasteiger partial charge is 0.336 e. The Morgan fingerprint density at radius 3 is 1.50 bits per heavy atom. The Kier molecular flexibility index (Phi) is 7.24. The summed E-state index contributed by atoms with van der Waals surface area (Å²) in [5, 5.41) is 9.46. The van der Waals surface area contributed by atoms with Gasteiger partial charge in [0.05, 0.1) is 0 Å². The van der Waals surface area contributed by atoms with Crippen LogP contribution in [0.25, 0.3) is 0 Å². The van der Waals surface area contributed by atoms with Crippen LogP contribution in [0.4, 0.5) is 0 Å². The van der Waals surface area contributed by atoms with Gasteiger partial charge in [0.2, 0.25) is 0 Å². The first-order chi connectivity index (χ1) is 10.0. The van der Waals surface area contributed by atoms with Crippen LogP contribution in [-0.4, -0.2) is 42.0 Å². The van der Waals surface area contributed by atoms with E-state index in [0.29, 0.717) is 0 Å². The molecule has 0 bridgehead atoms. The molecule has 0 spiro atoms. The zero-order chi connectivity index (χ0) is 17.5. The second kappa shape index (κ2) is 8.14. The van der Waals surface area contributed by atoms with E-state index < -0.39 is 36.9 Å². The van der Waals surface area contributed by atoms with Gasteiger partial charge in [0.1, 0.15) is 6.61 Å². The lowest BCUT2D eigenvalue weighted by molar-refractivity contribution is -0.250. The summed E-state index contributed by atoms with van der Waals surface area (Å²) < 4.78 is 14.6. The molecule has 0 aliphatic carbocycles. The van der Waals surface area contributed by atoms with Gasteiger partial charge in [0.15, 0.2) is 6.61 Å². The largest absolute Gasteiger partial charge is 0.454 e. The molecule has 0 fully saturated rings. The van der Waals surface area contributed by atoms with Gasteiger partial charge in [-0.15, -0.1) is 0 Å². The number of ether oxygens (including phenoxy) is 3. The van der Waals surface area contributed by atoms with Crippen molar-refractivity contribution in [3.8, 4) is 0 Å². The van der Waals surface area contributed by atoms with Gasteiger partial charge in [-0.2, -0.15) is 0 Å². The molecule has 1 N–H and O–H groups in total. The fraction of sp³-hybridized carbons (Fsp3) is 0.400. The standard InChI is InChI=1S/C15H20O7/c1-9(2)12(17)20-8-15(7-16,21-13(18)10(3)4)22-14(19)11(5)6/h16H,1,3,5,7-8H2,2,4,6H3. The fourth-order valence-corrected chi connectivity index (χ4v) is 1.00. The zero-order valence-electron chi connectivity index (χ0n) is 12.9. The van der Waals surface area contributed by atoms with Crippen molar-refractivity contribution >= 4 is 17.9 Å². The predicted molar refractivity (Wildman–Crippen MR) is 77.4 cm³/mol. The Bertz CT molecular complexity index is 488. The number of aliphatic hydroxyl groups is 1. The second-order valence-corrected chi connectivity index (χ2v) is 4.76. The Morgan fingerprint density at radius 1 is 0.864 bits per heavy atom. The molecule has 0 unspecified atom stereocenters. The molecule has 7 heteroatoms. The lowest BCUT2D eigenvalue weighted by Gasteiger charge is -2.30. The van der Waals surface area contributed by atoms with E-state index in [0.717, 1.165) is 0 Å². The SMILES string of the molecule is C=C(C)C(=O)OCC(CO)(OC(=O)C(=C)C)OC(=O)C(=C)C. The topological polar surface area (TPSA) is 99.1 Å². The van der Waals surface area contributed by atoms with Crippen LogP contribution in [0.15, 0.2) is 36.5 Å². The van der Waals surface area contributed by atoms with Crippen molar-refractivity contribution in [3.05, 3.63) is 36.5 Å². The van der Waals surface area contributed by atoms with E-state index in [1.165, 1.54) is 20.8 Å². The summed E-state index contributed by atoms with van der Waals surface area (Å²) in [4.78, 5) is 34.7. The minimum absolute atomic E-state index is 0.00965. The zero-order valence-corrected chi connectivity index (χ0v) is 12.9. The third kappa shape index (κ3) is 5.92. The number of carbonyl (C=O) groups excluding carboxylic acids is 3. The molecule has 0 atom stereocenters. The molecule has 0 amide bonds. The summed E-state index contributed by atoms with van der Waals surface area (Å²) in [6, 6.07) is 0. The molecular formula is C15H20O7. The van der Waals surface area contributed by atoms with Crippen molar-refractivity contribution in [1.82, 2.24) is 0 Å². The predicted octanol–water partition coefficient (Wildman–Crippen LogP) is 1.03. The molecule has 0 aromatic rings. The number of aliphatic hydroxyl groups excluding tert-OH is 1. The number of rotatable bonds is 8. The van der Waals surface area contributed by atoms with Crippen LogP contribution in [-0.2, 0) is 28.6 Å². The van der Waals surface area contributed by atoms with E-state index in [1.54, 1.807) is 0 Å². The van der Waals surface area contributed by atoms with Gasteiger partial charge in [0, 0.05) is 16.7 Å². The Labute approximate surface area is 128 Å². The van der Waals surface area contributed by atoms with Crippen molar-refractivity contribution in [3.63, 3.8) is 0 Å². The maximum atomic E-state index is 11.6. The summed E-state index contributed by atoms with van der Waals surface area (Å²) in [6.45, 7) is 12.6. The van der Waals surface area contributed by atoms with Crippen LogP contribution in [0.1, 0.15) is 20.8 Å². The highest BCUT2D eigenvalue weighted by Crippen LogP contribution is 2.18. The van der Waals surface area contributed by atoms with Gasteiger partial charge >= 0.3 is 23.7 Å². The first-order valence-electron chi connectivity index (χ1n) is 6.26. The quantitative estimate of drug-likeness (QED) is 0.406. The van der Waals surface area contributed by atoms with Crippen molar-refractivity contribution in [2.24, 2.45) is 0 Å². The normalized spacial score (nSPS) is 10.4. The van der Waals surface area contributed by atoms with Crippen LogP contribution >= 0.6 is 0 Å². The van der Waals surface area contributed by atoms with Gasteiger partial charge in [0.25, 0.3) is 0 Å². The first kappa shape index (κ1) is 19.6. The summed E-state index contributed by atoms with van der Waals surface area (Å²) in [5.74, 6) is -4.82. The van der Waals surface area contributed by atoms with E-state index in [2.05, 4.69) is 19.7 Å². The molecule has 7 nitrogen and oxygen atoms in total. The highest BCUT2D eigenvalue weighted by atomic mass is 16.8.